The van der Waals surface area contributed by atoms with E-state index >= 15 is 0 Å². The number of benzene rings is 2. The molecule has 0 heterocycles. The molecular formula is C19H24N2O3S. The summed E-state index contributed by atoms with van der Waals surface area (Å²) in [7, 11) is -1.99. The Morgan fingerprint density at radius 3 is 2.32 bits per heavy atom. The van der Waals surface area contributed by atoms with Gasteiger partial charge in [-0.25, -0.2) is 8.42 Å². The summed E-state index contributed by atoms with van der Waals surface area (Å²) in [5.41, 5.74) is 1.94. The lowest BCUT2D eigenvalue weighted by atomic mass is 10.1. The molecule has 0 aliphatic rings. The Bertz CT molecular complexity index is 820. The molecule has 6 heteroatoms. The fourth-order valence-corrected chi connectivity index (χ4v) is 3.04. The number of nitrogens with one attached hydrogen (secondary N) is 1. The topological polar surface area (TPSA) is 66.5 Å². The maximum absolute atomic E-state index is 12.6. The Morgan fingerprint density at radius 2 is 1.68 bits per heavy atom. The van der Waals surface area contributed by atoms with Gasteiger partial charge in [-0.3, -0.25) is 9.10 Å². The van der Waals surface area contributed by atoms with Crippen LogP contribution < -0.4 is 9.62 Å². The zero-order valence-electron chi connectivity index (χ0n) is 14.8. The number of amides is 1. The molecule has 5 nitrogen and oxygen atoms in total. The van der Waals surface area contributed by atoms with Crippen LogP contribution >= 0.6 is 0 Å². The molecule has 0 saturated carbocycles. The molecule has 134 valence electrons. The molecule has 25 heavy (non-hydrogen) atoms. The normalized spacial score (nSPS) is 12.4. The second-order valence-corrected chi connectivity index (χ2v) is 8.16. The molecule has 1 N–H and O–H groups in total. The summed E-state index contributed by atoms with van der Waals surface area (Å²) in [6.45, 7) is 1.95. The van der Waals surface area contributed by atoms with Gasteiger partial charge in [0, 0.05) is 13.1 Å². The van der Waals surface area contributed by atoms with Crippen molar-refractivity contribution in [1.82, 2.24) is 5.32 Å². The van der Waals surface area contributed by atoms with Crippen LogP contribution in [0.25, 0.3) is 0 Å². The van der Waals surface area contributed by atoms with Gasteiger partial charge in [0.2, 0.25) is 10.0 Å². The predicted octanol–water partition coefficient (Wildman–Crippen LogP) is 2.83. The Balaban J connectivity index is 2.05. The summed E-state index contributed by atoms with van der Waals surface area (Å²) in [6.07, 6.45) is 2.79. The number of carbonyl (C=O) groups is 1. The first-order chi connectivity index (χ1) is 11.8. The monoisotopic (exact) mass is 360 g/mol. The molecule has 0 fully saturated rings. The van der Waals surface area contributed by atoms with Gasteiger partial charge in [-0.05, 0) is 37.5 Å². The van der Waals surface area contributed by atoms with Crippen LogP contribution in [0.5, 0.6) is 0 Å². The van der Waals surface area contributed by atoms with Crippen molar-refractivity contribution in [2.75, 3.05) is 17.6 Å². The molecule has 1 atom stereocenters. The number of sulfonamides is 1. The molecular weight excluding hydrogens is 336 g/mol. The zero-order chi connectivity index (χ0) is 18.4. The van der Waals surface area contributed by atoms with Crippen molar-refractivity contribution in [3.8, 4) is 0 Å². The zero-order valence-corrected chi connectivity index (χ0v) is 15.6. The molecule has 0 radical (unpaired) electrons. The minimum Gasteiger partial charge on any atom is -0.350 e. The molecule has 1 amide bonds. The summed E-state index contributed by atoms with van der Waals surface area (Å²) in [5, 5.41) is 2.95. The number of hydrogen-bond acceptors (Lipinski definition) is 3. The predicted molar refractivity (Wildman–Crippen MR) is 101 cm³/mol. The number of hydrogen-bond donors (Lipinski definition) is 1. The molecule has 2 aromatic rings. The molecule has 0 aromatic heterocycles. The highest BCUT2D eigenvalue weighted by atomic mass is 32.2. The molecule has 0 unspecified atom stereocenters. The molecule has 0 aliphatic heterocycles. The number of anilines is 1. The third-order valence-electron chi connectivity index (χ3n) is 4.07. The van der Waals surface area contributed by atoms with Gasteiger partial charge in [0.1, 0.15) is 0 Å². The third-order valence-corrected chi connectivity index (χ3v) is 5.26. The van der Waals surface area contributed by atoms with E-state index in [-0.39, 0.29) is 11.9 Å². The average Bonchev–Trinajstić information content (AvgIpc) is 2.59. The van der Waals surface area contributed by atoms with Crippen molar-refractivity contribution in [2.24, 2.45) is 0 Å². The fourth-order valence-electron chi connectivity index (χ4n) is 2.52. The maximum Gasteiger partial charge on any atom is 0.253 e. The standard InChI is InChI=1S/C19H24N2O3S/c1-15(13-14-16-9-5-4-6-10-16)20-19(22)17-11-7-8-12-18(17)21(2)25(3,23)24/h4-12,15H,13-14H2,1-3H3,(H,20,22)/t15-/m0/s1. The molecule has 2 aromatic carbocycles. The van der Waals surface area contributed by atoms with E-state index in [0.29, 0.717) is 11.3 Å². The quantitative estimate of drug-likeness (QED) is 0.826. The number of aryl methyl sites for hydroxylation is 1. The number of rotatable bonds is 7. The van der Waals surface area contributed by atoms with Crippen molar-refractivity contribution < 1.29 is 13.2 Å². The van der Waals surface area contributed by atoms with Gasteiger partial charge >= 0.3 is 0 Å². The first-order valence-corrected chi connectivity index (χ1v) is 10.0. The number of nitrogens with zero attached hydrogens (tertiary/aromatic N) is 1. The van der Waals surface area contributed by atoms with E-state index in [1.807, 2.05) is 25.1 Å². The molecule has 0 saturated heterocycles. The van der Waals surface area contributed by atoms with Crippen molar-refractivity contribution >= 4 is 21.6 Å². The first-order valence-electron chi connectivity index (χ1n) is 8.16. The maximum atomic E-state index is 12.6. The Kier molecular flexibility index (Phi) is 6.20. The lowest BCUT2D eigenvalue weighted by Gasteiger charge is -2.21. The van der Waals surface area contributed by atoms with Gasteiger partial charge < -0.3 is 5.32 Å². The molecule has 0 spiro atoms. The van der Waals surface area contributed by atoms with E-state index in [4.69, 9.17) is 0 Å². The first kappa shape index (κ1) is 19.0. The lowest BCUT2D eigenvalue weighted by Crippen LogP contribution is -2.35. The van der Waals surface area contributed by atoms with Gasteiger partial charge in [0.15, 0.2) is 0 Å². The second-order valence-electron chi connectivity index (χ2n) is 6.15. The van der Waals surface area contributed by atoms with E-state index in [9.17, 15) is 13.2 Å². The van der Waals surface area contributed by atoms with E-state index < -0.39 is 10.0 Å². The van der Waals surface area contributed by atoms with Crippen molar-refractivity contribution in [1.29, 1.82) is 0 Å². The Labute approximate surface area is 149 Å². The van der Waals surface area contributed by atoms with Crippen LogP contribution in [0.3, 0.4) is 0 Å². The van der Waals surface area contributed by atoms with Crippen LogP contribution in [-0.2, 0) is 16.4 Å². The van der Waals surface area contributed by atoms with Crippen LogP contribution in [-0.4, -0.2) is 33.7 Å². The summed E-state index contributed by atoms with van der Waals surface area (Å²) < 4.78 is 24.7. The average molecular weight is 360 g/mol. The minimum atomic E-state index is -3.43. The lowest BCUT2D eigenvalue weighted by molar-refractivity contribution is 0.0939. The molecule has 0 bridgehead atoms. The van der Waals surface area contributed by atoms with Crippen LogP contribution in [0.4, 0.5) is 5.69 Å². The summed E-state index contributed by atoms with van der Waals surface area (Å²) in [6, 6.07) is 16.8. The number of carbonyl (C=O) groups excluding carboxylic acids is 1. The van der Waals surface area contributed by atoms with Crippen molar-refractivity contribution in [3.63, 3.8) is 0 Å². The van der Waals surface area contributed by atoms with E-state index in [0.717, 1.165) is 23.4 Å². The smallest absolute Gasteiger partial charge is 0.253 e. The summed E-state index contributed by atoms with van der Waals surface area (Å²) in [4.78, 5) is 12.6. The van der Waals surface area contributed by atoms with Gasteiger partial charge in [-0.15, -0.1) is 0 Å². The van der Waals surface area contributed by atoms with Crippen molar-refractivity contribution in [3.05, 3.63) is 65.7 Å². The second kappa shape index (κ2) is 8.16. The highest BCUT2D eigenvalue weighted by Gasteiger charge is 2.20. The Hall–Kier alpha value is -2.34. The van der Waals surface area contributed by atoms with Crippen LogP contribution in [0.1, 0.15) is 29.3 Å². The third kappa shape index (κ3) is 5.32. The summed E-state index contributed by atoms with van der Waals surface area (Å²) in [5.74, 6) is -0.272. The SMILES string of the molecule is C[C@@H](CCc1ccccc1)NC(=O)c1ccccc1N(C)S(C)(=O)=O. The van der Waals surface area contributed by atoms with Gasteiger partial charge in [0.05, 0.1) is 17.5 Å². The van der Waals surface area contributed by atoms with Gasteiger partial charge in [0.25, 0.3) is 5.91 Å². The van der Waals surface area contributed by atoms with E-state index in [1.54, 1.807) is 24.3 Å². The largest absolute Gasteiger partial charge is 0.350 e. The summed E-state index contributed by atoms with van der Waals surface area (Å²) >= 11 is 0. The van der Waals surface area contributed by atoms with Crippen molar-refractivity contribution in [2.45, 2.75) is 25.8 Å². The van der Waals surface area contributed by atoms with Crippen LogP contribution in [0.2, 0.25) is 0 Å². The highest BCUT2D eigenvalue weighted by molar-refractivity contribution is 7.92. The molecule has 0 aliphatic carbocycles. The Morgan fingerprint density at radius 1 is 1.08 bits per heavy atom. The highest BCUT2D eigenvalue weighted by Crippen LogP contribution is 2.21. The van der Waals surface area contributed by atoms with Gasteiger partial charge in [-0.1, -0.05) is 42.5 Å². The van der Waals surface area contributed by atoms with E-state index in [1.165, 1.54) is 12.6 Å². The number of para-hydroxylation sites is 1. The van der Waals surface area contributed by atoms with Crippen LogP contribution in [0.15, 0.2) is 54.6 Å². The van der Waals surface area contributed by atoms with E-state index in [2.05, 4.69) is 17.4 Å². The fraction of sp³-hybridized carbons (Fsp3) is 0.316. The van der Waals surface area contributed by atoms with Crippen LogP contribution in [0, 0.1) is 0 Å². The van der Waals surface area contributed by atoms with Gasteiger partial charge in [-0.2, -0.15) is 0 Å². The minimum absolute atomic E-state index is 0.0238. The molecule has 2 rings (SSSR count).